The maximum absolute atomic E-state index is 3.59. The van der Waals surface area contributed by atoms with Gasteiger partial charge in [0.15, 0.2) is 0 Å². The number of rotatable bonds is 2. The Labute approximate surface area is 99.3 Å². The van der Waals surface area contributed by atoms with Crippen LogP contribution in [0.25, 0.3) is 0 Å². The topological polar surface area (TPSA) is 12.0 Å². The highest BCUT2D eigenvalue weighted by atomic mass is 14.9. The molecule has 1 fully saturated rings. The van der Waals surface area contributed by atoms with E-state index in [-0.39, 0.29) is 5.54 Å². The summed E-state index contributed by atoms with van der Waals surface area (Å²) in [5.41, 5.74) is 4.57. The maximum atomic E-state index is 3.59. The van der Waals surface area contributed by atoms with Crippen molar-refractivity contribution in [1.82, 2.24) is 5.32 Å². The third-order valence-corrected chi connectivity index (χ3v) is 4.08. The van der Waals surface area contributed by atoms with Gasteiger partial charge in [0.25, 0.3) is 0 Å². The van der Waals surface area contributed by atoms with E-state index in [2.05, 4.69) is 44.4 Å². The molecule has 1 nitrogen and oxygen atoms in total. The second-order valence-electron chi connectivity index (χ2n) is 5.21. The van der Waals surface area contributed by atoms with E-state index in [1.54, 1.807) is 0 Å². The molecule has 0 aliphatic heterocycles. The van der Waals surface area contributed by atoms with E-state index in [1.165, 1.54) is 48.8 Å². The number of aryl methyl sites for hydroxylation is 2. The van der Waals surface area contributed by atoms with Gasteiger partial charge >= 0.3 is 0 Å². The average molecular weight is 217 g/mol. The number of hydrogen-bond donors (Lipinski definition) is 1. The zero-order chi connectivity index (χ0) is 11.6. The summed E-state index contributed by atoms with van der Waals surface area (Å²) in [5.74, 6) is 0. The van der Waals surface area contributed by atoms with Gasteiger partial charge in [-0.2, -0.15) is 0 Å². The predicted molar refractivity (Wildman–Crippen MR) is 69.7 cm³/mol. The van der Waals surface area contributed by atoms with Gasteiger partial charge in [-0.15, -0.1) is 0 Å². The van der Waals surface area contributed by atoms with Crippen LogP contribution in [0.2, 0.25) is 0 Å². The third kappa shape index (κ3) is 2.01. The van der Waals surface area contributed by atoms with Crippen molar-refractivity contribution in [3.05, 3.63) is 34.9 Å². The van der Waals surface area contributed by atoms with Crippen molar-refractivity contribution in [2.75, 3.05) is 7.05 Å². The Morgan fingerprint density at radius 2 is 1.75 bits per heavy atom. The highest BCUT2D eigenvalue weighted by Crippen LogP contribution is 2.38. The summed E-state index contributed by atoms with van der Waals surface area (Å²) in [5, 5.41) is 3.59. The van der Waals surface area contributed by atoms with Gasteiger partial charge in [-0.25, -0.2) is 0 Å². The van der Waals surface area contributed by atoms with Gasteiger partial charge in [0.05, 0.1) is 0 Å². The van der Waals surface area contributed by atoms with Crippen molar-refractivity contribution in [1.29, 1.82) is 0 Å². The normalized spacial score (nSPS) is 19.7. The molecule has 88 valence electrons. The first kappa shape index (κ1) is 11.7. The number of nitrogens with one attached hydrogen (secondary N) is 1. The first-order chi connectivity index (χ1) is 7.68. The van der Waals surface area contributed by atoms with Crippen molar-refractivity contribution in [3.8, 4) is 0 Å². The van der Waals surface area contributed by atoms with Crippen LogP contribution in [0.15, 0.2) is 18.2 Å². The SMILES string of the molecule is CNC1(c2ccc(C)cc2C)CCCCC1. The minimum absolute atomic E-state index is 0.246. The van der Waals surface area contributed by atoms with Crippen LogP contribution in [-0.2, 0) is 5.54 Å². The lowest BCUT2D eigenvalue weighted by Gasteiger charge is -2.39. The van der Waals surface area contributed by atoms with Crippen molar-refractivity contribution in [2.24, 2.45) is 0 Å². The van der Waals surface area contributed by atoms with Crippen molar-refractivity contribution in [2.45, 2.75) is 51.5 Å². The Kier molecular flexibility index (Phi) is 3.34. The molecule has 0 saturated heterocycles. The fourth-order valence-electron chi connectivity index (χ4n) is 3.16. The molecule has 1 aliphatic rings. The first-order valence-electron chi connectivity index (χ1n) is 6.45. The summed E-state index contributed by atoms with van der Waals surface area (Å²) in [4.78, 5) is 0. The van der Waals surface area contributed by atoms with E-state index in [0.29, 0.717) is 0 Å². The molecule has 1 N–H and O–H groups in total. The summed E-state index contributed by atoms with van der Waals surface area (Å²) in [6, 6.07) is 6.88. The molecule has 2 rings (SSSR count). The zero-order valence-electron chi connectivity index (χ0n) is 10.8. The molecule has 16 heavy (non-hydrogen) atoms. The zero-order valence-corrected chi connectivity index (χ0v) is 10.8. The van der Waals surface area contributed by atoms with Crippen LogP contribution < -0.4 is 5.32 Å². The van der Waals surface area contributed by atoms with Gasteiger partial charge in [-0.1, -0.05) is 43.0 Å². The smallest absolute Gasteiger partial charge is 0.0434 e. The second-order valence-corrected chi connectivity index (χ2v) is 5.21. The Morgan fingerprint density at radius 3 is 2.31 bits per heavy atom. The molecule has 0 spiro atoms. The molecular formula is C15H23N. The van der Waals surface area contributed by atoms with Gasteiger partial charge in [0, 0.05) is 5.54 Å². The molecule has 1 aromatic carbocycles. The highest BCUT2D eigenvalue weighted by Gasteiger charge is 2.32. The summed E-state index contributed by atoms with van der Waals surface area (Å²) in [7, 11) is 2.12. The van der Waals surface area contributed by atoms with Crippen molar-refractivity contribution in [3.63, 3.8) is 0 Å². The first-order valence-corrected chi connectivity index (χ1v) is 6.45. The minimum Gasteiger partial charge on any atom is -0.310 e. The van der Waals surface area contributed by atoms with E-state index in [0.717, 1.165) is 0 Å². The summed E-state index contributed by atoms with van der Waals surface area (Å²) >= 11 is 0. The van der Waals surface area contributed by atoms with E-state index in [9.17, 15) is 0 Å². The second kappa shape index (κ2) is 4.58. The standard InChI is InChI=1S/C15H23N/c1-12-7-8-14(13(2)11-12)15(16-3)9-5-4-6-10-15/h7-8,11,16H,4-6,9-10H2,1-3H3. The van der Waals surface area contributed by atoms with E-state index < -0.39 is 0 Å². The minimum atomic E-state index is 0.246. The van der Waals surface area contributed by atoms with Crippen LogP contribution in [0.4, 0.5) is 0 Å². The van der Waals surface area contributed by atoms with E-state index in [4.69, 9.17) is 0 Å². The van der Waals surface area contributed by atoms with Crippen molar-refractivity contribution >= 4 is 0 Å². The Morgan fingerprint density at radius 1 is 1.06 bits per heavy atom. The Hall–Kier alpha value is -0.820. The quantitative estimate of drug-likeness (QED) is 0.797. The van der Waals surface area contributed by atoms with Gasteiger partial charge in [-0.3, -0.25) is 0 Å². The van der Waals surface area contributed by atoms with Crippen LogP contribution in [0.5, 0.6) is 0 Å². The molecule has 0 radical (unpaired) electrons. The number of hydrogen-bond acceptors (Lipinski definition) is 1. The van der Waals surface area contributed by atoms with Crippen LogP contribution >= 0.6 is 0 Å². The van der Waals surface area contributed by atoms with Gasteiger partial charge in [-0.05, 0) is 44.9 Å². The van der Waals surface area contributed by atoms with Crippen LogP contribution in [0.3, 0.4) is 0 Å². The molecule has 0 bridgehead atoms. The molecule has 1 aromatic rings. The molecule has 0 aromatic heterocycles. The molecule has 1 heteroatoms. The molecule has 0 amide bonds. The van der Waals surface area contributed by atoms with E-state index in [1.807, 2.05) is 0 Å². The van der Waals surface area contributed by atoms with Crippen LogP contribution in [0.1, 0.15) is 48.8 Å². The van der Waals surface area contributed by atoms with Gasteiger partial charge in [0.2, 0.25) is 0 Å². The number of benzene rings is 1. The third-order valence-electron chi connectivity index (χ3n) is 4.08. The largest absolute Gasteiger partial charge is 0.310 e. The Bertz CT molecular complexity index is 362. The molecule has 1 aliphatic carbocycles. The fourth-order valence-corrected chi connectivity index (χ4v) is 3.16. The maximum Gasteiger partial charge on any atom is 0.0434 e. The monoisotopic (exact) mass is 217 g/mol. The lowest BCUT2D eigenvalue weighted by molar-refractivity contribution is 0.249. The van der Waals surface area contributed by atoms with Crippen LogP contribution in [0, 0.1) is 13.8 Å². The summed E-state index contributed by atoms with van der Waals surface area (Å²) in [6.07, 6.45) is 6.68. The lowest BCUT2D eigenvalue weighted by atomic mass is 9.75. The fraction of sp³-hybridized carbons (Fsp3) is 0.600. The molecule has 0 unspecified atom stereocenters. The van der Waals surface area contributed by atoms with E-state index >= 15 is 0 Å². The van der Waals surface area contributed by atoms with Gasteiger partial charge < -0.3 is 5.32 Å². The van der Waals surface area contributed by atoms with Crippen molar-refractivity contribution < 1.29 is 0 Å². The highest BCUT2D eigenvalue weighted by molar-refractivity contribution is 5.36. The Balaban J connectivity index is 2.39. The van der Waals surface area contributed by atoms with Crippen LogP contribution in [-0.4, -0.2) is 7.05 Å². The summed E-state index contributed by atoms with van der Waals surface area (Å²) < 4.78 is 0. The van der Waals surface area contributed by atoms with Gasteiger partial charge in [0.1, 0.15) is 0 Å². The summed E-state index contributed by atoms with van der Waals surface area (Å²) in [6.45, 7) is 4.42. The molecule has 0 atom stereocenters. The lowest BCUT2D eigenvalue weighted by Crippen LogP contribution is -2.42. The molecule has 0 heterocycles. The predicted octanol–water partition coefficient (Wildman–Crippen LogP) is 3.68. The molecular weight excluding hydrogens is 194 g/mol. The molecule has 1 saturated carbocycles. The average Bonchev–Trinajstić information content (AvgIpc) is 2.30.